The molecule has 23 heavy (non-hydrogen) atoms. The second-order valence-corrected chi connectivity index (χ2v) is 5.88. The average molecular weight is 332 g/mol. The molecule has 0 saturated heterocycles. The average Bonchev–Trinajstić information content (AvgIpc) is 2.61. The van der Waals surface area contributed by atoms with Gasteiger partial charge < -0.3 is 5.32 Å². The minimum absolute atomic E-state index is 0.0865. The Morgan fingerprint density at radius 1 is 1.09 bits per heavy atom. The van der Waals surface area contributed by atoms with Crippen molar-refractivity contribution < 1.29 is 9.63 Å². The topological polar surface area (TPSA) is 76.1 Å². The molecule has 2 rings (SSSR count). The van der Waals surface area contributed by atoms with Gasteiger partial charge in [0, 0.05) is 49.4 Å². The number of thioether (sulfide) groups is 1. The van der Waals surface area contributed by atoms with Crippen molar-refractivity contribution >= 4 is 17.7 Å². The van der Waals surface area contributed by atoms with Crippen LogP contribution in [-0.4, -0.2) is 40.5 Å². The van der Waals surface area contributed by atoms with E-state index < -0.39 is 0 Å². The van der Waals surface area contributed by atoms with Gasteiger partial charge in [-0.1, -0.05) is 6.07 Å². The van der Waals surface area contributed by atoms with Crippen molar-refractivity contribution in [2.24, 2.45) is 0 Å². The van der Waals surface area contributed by atoms with Crippen molar-refractivity contribution in [3.8, 4) is 0 Å². The summed E-state index contributed by atoms with van der Waals surface area (Å²) in [5.74, 6) is 1.68. The van der Waals surface area contributed by atoms with Crippen LogP contribution in [0.2, 0.25) is 0 Å². The van der Waals surface area contributed by atoms with Gasteiger partial charge in [-0.25, -0.2) is 5.48 Å². The zero-order valence-electron chi connectivity index (χ0n) is 12.8. The second kappa shape index (κ2) is 10.7. The first-order valence-corrected chi connectivity index (χ1v) is 8.51. The highest BCUT2D eigenvalue weighted by atomic mass is 32.2. The summed E-state index contributed by atoms with van der Waals surface area (Å²) in [7, 11) is 0. The molecular weight excluding hydrogens is 312 g/mol. The first-order chi connectivity index (χ1) is 11.4. The van der Waals surface area contributed by atoms with Crippen LogP contribution in [0.15, 0.2) is 49.1 Å². The van der Waals surface area contributed by atoms with Crippen molar-refractivity contribution in [1.29, 1.82) is 0 Å². The molecule has 0 aromatic carbocycles. The summed E-state index contributed by atoms with van der Waals surface area (Å²) in [6.45, 7) is 1.89. The van der Waals surface area contributed by atoms with E-state index >= 15 is 0 Å². The normalized spacial score (nSPS) is 10.4. The molecule has 2 aromatic heterocycles. The lowest BCUT2D eigenvalue weighted by molar-refractivity contribution is 0.0319. The largest absolute Gasteiger partial charge is 0.351 e. The molecule has 0 radical (unpaired) electrons. The Labute approximate surface area is 140 Å². The number of nitrogens with zero attached hydrogens (tertiary/aromatic N) is 2. The Hall–Kier alpha value is -1.96. The van der Waals surface area contributed by atoms with Gasteiger partial charge in [0.1, 0.15) is 0 Å². The van der Waals surface area contributed by atoms with Crippen molar-refractivity contribution in [3.05, 3.63) is 60.2 Å². The molecule has 6 nitrogen and oxygen atoms in total. The van der Waals surface area contributed by atoms with Crippen molar-refractivity contribution in [2.75, 3.05) is 24.6 Å². The van der Waals surface area contributed by atoms with Crippen molar-refractivity contribution in [3.63, 3.8) is 0 Å². The van der Waals surface area contributed by atoms with E-state index in [0.29, 0.717) is 18.7 Å². The van der Waals surface area contributed by atoms with E-state index in [9.17, 15) is 4.79 Å². The fourth-order valence-electron chi connectivity index (χ4n) is 1.74. The van der Waals surface area contributed by atoms with Crippen LogP contribution >= 0.6 is 11.8 Å². The third-order valence-corrected chi connectivity index (χ3v) is 3.85. The third-order valence-electron chi connectivity index (χ3n) is 2.87. The standard InChI is InChI=1S/C16H20N4O2S/c21-16(15-4-2-6-18-12-15)19-7-9-23-10-8-20-22-13-14-3-1-5-17-11-14/h1-6,11-12,20H,7-10,13H2,(H,19,21). The van der Waals surface area contributed by atoms with Crippen LogP contribution < -0.4 is 10.8 Å². The van der Waals surface area contributed by atoms with Gasteiger partial charge in [0.25, 0.3) is 5.91 Å². The van der Waals surface area contributed by atoms with E-state index in [2.05, 4.69) is 20.8 Å². The minimum Gasteiger partial charge on any atom is -0.351 e. The van der Waals surface area contributed by atoms with Gasteiger partial charge in [-0.3, -0.25) is 19.6 Å². The molecule has 0 spiro atoms. The zero-order valence-corrected chi connectivity index (χ0v) is 13.6. The van der Waals surface area contributed by atoms with E-state index in [4.69, 9.17) is 4.84 Å². The molecule has 1 amide bonds. The molecule has 2 heterocycles. The fraction of sp³-hybridized carbons (Fsp3) is 0.312. The fourth-order valence-corrected chi connectivity index (χ4v) is 2.42. The van der Waals surface area contributed by atoms with Crippen LogP contribution in [0.1, 0.15) is 15.9 Å². The summed E-state index contributed by atoms with van der Waals surface area (Å²) in [5.41, 5.74) is 4.53. The number of carbonyl (C=O) groups is 1. The maximum absolute atomic E-state index is 11.8. The predicted octanol–water partition coefficient (Wildman–Crippen LogP) is 1.66. The van der Waals surface area contributed by atoms with Crippen LogP contribution in [0.4, 0.5) is 0 Å². The lowest BCUT2D eigenvalue weighted by atomic mass is 10.3. The molecule has 0 aliphatic rings. The maximum Gasteiger partial charge on any atom is 0.252 e. The monoisotopic (exact) mass is 332 g/mol. The number of amides is 1. The first kappa shape index (κ1) is 17.4. The lowest BCUT2D eigenvalue weighted by Crippen LogP contribution is -2.26. The number of pyridine rings is 2. The Balaban J connectivity index is 1.43. The summed E-state index contributed by atoms with van der Waals surface area (Å²) in [5, 5.41) is 2.86. The lowest BCUT2D eigenvalue weighted by Gasteiger charge is -2.06. The smallest absolute Gasteiger partial charge is 0.252 e. The molecule has 0 saturated carbocycles. The molecule has 0 atom stereocenters. The van der Waals surface area contributed by atoms with Crippen LogP contribution in [0, 0.1) is 0 Å². The number of carbonyl (C=O) groups excluding carboxylic acids is 1. The van der Waals surface area contributed by atoms with Gasteiger partial charge in [0.15, 0.2) is 0 Å². The Bertz CT molecular complexity index is 569. The number of hydrogen-bond acceptors (Lipinski definition) is 6. The van der Waals surface area contributed by atoms with Crippen molar-refractivity contribution in [2.45, 2.75) is 6.61 Å². The van der Waals surface area contributed by atoms with E-state index in [1.54, 1.807) is 48.7 Å². The quantitative estimate of drug-likeness (QED) is 0.509. The summed E-state index contributed by atoms with van der Waals surface area (Å²) in [6.07, 6.45) is 6.73. The van der Waals surface area contributed by atoms with Crippen molar-refractivity contribution in [1.82, 2.24) is 20.8 Å². The highest BCUT2D eigenvalue weighted by molar-refractivity contribution is 7.99. The molecule has 0 fully saturated rings. The summed E-state index contributed by atoms with van der Waals surface area (Å²) in [4.78, 5) is 25.0. The summed E-state index contributed by atoms with van der Waals surface area (Å²) >= 11 is 1.75. The summed E-state index contributed by atoms with van der Waals surface area (Å²) < 4.78 is 0. The number of hydroxylamine groups is 1. The number of rotatable bonds is 10. The Morgan fingerprint density at radius 2 is 1.87 bits per heavy atom. The second-order valence-electron chi connectivity index (χ2n) is 4.65. The van der Waals surface area contributed by atoms with E-state index in [1.807, 2.05) is 12.1 Å². The van der Waals surface area contributed by atoms with E-state index in [1.165, 1.54) is 0 Å². The van der Waals surface area contributed by atoms with Gasteiger partial charge in [-0.15, -0.1) is 0 Å². The van der Waals surface area contributed by atoms with E-state index in [0.717, 1.165) is 23.6 Å². The molecular formula is C16H20N4O2S. The highest BCUT2D eigenvalue weighted by Gasteiger charge is 2.03. The van der Waals surface area contributed by atoms with Crippen LogP contribution in [0.3, 0.4) is 0 Å². The summed E-state index contributed by atoms with van der Waals surface area (Å²) in [6, 6.07) is 7.35. The molecule has 0 aliphatic carbocycles. The highest BCUT2D eigenvalue weighted by Crippen LogP contribution is 1.99. The van der Waals surface area contributed by atoms with Gasteiger partial charge in [-0.2, -0.15) is 11.8 Å². The molecule has 0 bridgehead atoms. The molecule has 122 valence electrons. The van der Waals surface area contributed by atoms with E-state index in [-0.39, 0.29) is 5.91 Å². The minimum atomic E-state index is -0.0865. The predicted molar refractivity (Wildman–Crippen MR) is 90.9 cm³/mol. The molecule has 7 heteroatoms. The maximum atomic E-state index is 11.8. The molecule has 2 N–H and O–H groups in total. The van der Waals surface area contributed by atoms with Crippen LogP contribution in [0.5, 0.6) is 0 Å². The Kier molecular flexibility index (Phi) is 8.10. The molecule has 0 unspecified atom stereocenters. The molecule has 2 aromatic rings. The van der Waals surface area contributed by atoms with Gasteiger partial charge in [0.05, 0.1) is 12.2 Å². The first-order valence-electron chi connectivity index (χ1n) is 7.36. The van der Waals surface area contributed by atoms with Gasteiger partial charge >= 0.3 is 0 Å². The zero-order chi connectivity index (χ0) is 16.2. The van der Waals surface area contributed by atoms with Gasteiger partial charge in [0.2, 0.25) is 0 Å². The number of nitrogens with one attached hydrogen (secondary N) is 2. The Morgan fingerprint density at radius 3 is 2.61 bits per heavy atom. The number of aromatic nitrogens is 2. The van der Waals surface area contributed by atoms with Crippen LogP contribution in [-0.2, 0) is 11.4 Å². The van der Waals surface area contributed by atoms with Crippen LogP contribution in [0.25, 0.3) is 0 Å². The number of hydrogen-bond donors (Lipinski definition) is 2. The molecule has 0 aliphatic heterocycles. The third kappa shape index (κ3) is 7.23. The van der Waals surface area contributed by atoms with Gasteiger partial charge in [-0.05, 0) is 23.8 Å². The SMILES string of the molecule is O=C(NCCSCCNOCc1cccnc1)c1cccnc1.